The van der Waals surface area contributed by atoms with E-state index >= 15 is 0 Å². The predicted octanol–water partition coefficient (Wildman–Crippen LogP) is 3.36. The molecule has 1 saturated heterocycles. The monoisotopic (exact) mass is 682 g/mol. The van der Waals surface area contributed by atoms with Crippen molar-refractivity contribution in [1.29, 1.82) is 0 Å². The molecule has 2 aromatic carbocycles. The van der Waals surface area contributed by atoms with Crippen LogP contribution in [0.4, 0.5) is 15.3 Å². The first-order valence-corrected chi connectivity index (χ1v) is 17.1. The van der Waals surface area contributed by atoms with E-state index in [0.717, 1.165) is 42.7 Å². The molecule has 3 unspecified atom stereocenters. The highest BCUT2D eigenvalue weighted by Gasteiger charge is 2.32. The van der Waals surface area contributed by atoms with Crippen molar-refractivity contribution >= 4 is 29.7 Å². The lowest BCUT2D eigenvalue weighted by Gasteiger charge is -2.33. The summed E-state index contributed by atoms with van der Waals surface area (Å²) in [7, 11) is 2.46. The van der Waals surface area contributed by atoms with E-state index in [4.69, 9.17) is 9.47 Å². The molecule has 0 aromatic heterocycles. The molecule has 5 atom stereocenters. The van der Waals surface area contributed by atoms with Gasteiger partial charge in [0.25, 0.3) is 5.91 Å². The maximum Gasteiger partial charge on any atom is 0.407 e. The summed E-state index contributed by atoms with van der Waals surface area (Å²) >= 11 is 0. The van der Waals surface area contributed by atoms with Crippen LogP contribution in [0.15, 0.2) is 54.6 Å². The molecule has 0 bridgehead atoms. The van der Waals surface area contributed by atoms with Crippen LogP contribution in [-0.2, 0) is 32.0 Å². The number of amides is 4. The van der Waals surface area contributed by atoms with Crippen LogP contribution >= 0.6 is 0 Å². The third-order valence-corrected chi connectivity index (χ3v) is 8.91. The maximum absolute atomic E-state index is 13.7. The highest BCUT2D eigenvalue weighted by molar-refractivity contribution is 5.86. The minimum absolute atomic E-state index is 0.0706. The Balaban J connectivity index is 1.89. The molecule has 0 spiro atoms. The van der Waals surface area contributed by atoms with Crippen molar-refractivity contribution in [3.05, 3.63) is 65.7 Å². The van der Waals surface area contributed by atoms with Crippen molar-refractivity contribution in [3.63, 3.8) is 0 Å². The highest BCUT2D eigenvalue weighted by atomic mass is 16.5. The number of hydrogen-bond donors (Lipinski definition) is 5. The Bertz CT molecular complexity index is 1340. The van der Waals surface area contributed by atoms with Gasteiger partial charge in [0.15, 0.2) is 0 Å². The van der Waals surface area contributed by atoms with Gasteiger partial charge >= 0.3 is 12.2 Å². The zero-order valence-electron chi connectivity index (χ0n) is 29.6. The number of methoxy groups -OCH3 is 2. The Morgan fingerprint density at radius 2 is 1.41 bits per heavy atom. The molecule has 0 radical (unpaired) electrons. The van der Waals surface area contributed by atoms with Crippen LogP contribution in [-0.4, -0.2) is 92.2 Å². The Labute approximate surface area is 290 Å². The summed E-state index contributed by atoms with van der Waals surface area (Å²) in [5, 5.41) is 21.6. The summed E-state index contributed by atoms with van der Waals surface area (Å²) in [6, 6.07) is 14.9. The molecule has 0 saturated carbocycles. The number of nitrogens with one attached hydrogen (secondary N) is 4. The van der Waals surface area contributed by atoms with Crippen LogP contribution in [0.1, 0.15) is 58.1 Å². The molecule has 49 heavy (non-hydrogen) atoms. The largest absolute Gasteiger partial charge is 0.453 e. The molecule has 270 valence electrons. The molecule has 1 heterocycles. The van der Waals surface area contributed by atoms with Gasteiger partial charge in [-0.3, -0.25) is 15.0 Å². The normalized spacial score (nSPS) is 15.9. The Morgan fingerprint density at radius 1 is 0.816 bits per heavy atom. The molecule has 1 aliphatic heterocycles. The van der Waals surface area contributed by atoms with E-state index in [1.807, 2.05) is 56.3 Å². The lowest BCUT2D eigenvalue weighted by atomic mass is 9.96. The van der Waals surface area contributed by atoms with E-state index in [2.05, 4.69) is 38.4 Å². The molecule has 13 heteroatoms. The number of hydrogen-bond acceptors (Lipinski definition) is 9. The second-order valence-electron chi connectivity index (χ2n) is 12.9. The second kappa shape index (κ2) is 19.6. The zero-order chi connectivity index (χ0) is 35.9. The van der Waals surface area contributed by atoms with Gasteiger partial charge in [0.2, 0.25) is 5.91 Å². The van der Waals surface area contributed by atoms with Crippen LogP contribution in [0.3, 0.4) is 0 Å². The lowest BCUT2D eigenvalue weighted by Crippen LogP contribution is -2.59. The van der Waals surface area contributed by atoms with Gasteiger partial charge in [-0.2, -0.15) is 0 Å². The van der Waals surface area contributed by atoms with Crippen LogP contribution in [0.5, 0.6) is 0 Å². The summed E-state index contributed by atoms with van der Waals surface area (Å²) in [4.78, 5) is 53.7. The predicted molar refractivity (Wildman–Crippen MR) is 187 cm³/mol. The van der Waals surface area contributed by atoms with Crippen molar-refractivity contribution in [2.75, 3.05) is 38.8 Å². The fourth-order valence-electron chi connectivity index (χ4n) is 5.77. The molecule has 3 rings (SSSR count). The molecular formula is C36H54N6O7. The van der Waals surface area contributed by atoms with Gasteiger partial charge in [0.05, 0.1) is 26.4 Å². The highest BCUT2D eigenvalue weighted by Crippen LogP contribution is 2.21. The van der Waals surface area contributed by atoms with Crippen molar-refractivity contribution in [3.8, 4) is 0 Å². The van der Waals surface area contributed by atoms with Crippen molar-refractivity contribution in [2.24, 2.45) is 11.8 Å². The van der Waals surface area contributed by atoms with Gasteiger partial charge in [-0.1, -0.05) is 76.6 Å². The smallest absolute Gasteiger partial charge is 0.407 e. The number of aliphatic hydroxyl groups excluding tert-OH is 1. The average Bonchev–Trinajstić information content (AvgIpc) is 3.64. The van der Waals surface area contributed by atoms with Gasteiger partial charge in [-0.25, -0.2) is 14.6 Å². The lowest BCUT2D eigenvalue weighted by molar-refractivity contribution is -0.131. The number of hydrazine groups is 1. The van der Waals surface area contributed by atoms with Gasteiger partial charge in [-0.05, 0) is 54.4 Å². The summed E-state index contributed by atoms with van der Waals surface area (Å²) in [6.07, 6.45) is 0.576. The van der Waals surface area contributed by atoms with Crippen molar-refractivity contribution in [2.45, 2.75) is 84.2 Å². The molecule has 1 fully saturated rings. The van der Waals surface area contributed by atoms with E-state index in [1.165, 1.54) is 14.2 Å². The number of anilines is 1. The summed E-state index contributed by atoms with van der Waals surface area (Å²) in [5.74, 6) is -1.43. The fourth-order valence-corrected chi connectivity index (χ4v) is 5.77. The summed E-state index contributed by atoms with van der Waals surface area (Å²) in [5.41, 5.74) is 5.79. The Morgan fingerprint density at radius 3 is 1.96 bits per heavy atom. The van der Waals surface area contributed by atoms with Crippen molar-refractivity contribution in [1.82, 2.24) is 26.4 Å². The molecule has 0 aliphatic carbocycles. The number of nitrogens with zero attached hydrogens (tertiary/aromatic N) is 2. The molecular weight excluding hydrogens is 628 g/mol. The maximum atomic E-state index is 13.7. The SMILES string of the molecule is CCC(C)[C@H](NC(=O)OC)C(=O)NC(Cc1ccccc1)C(O)CN(Cc1ccc(N2CCCC2)cc1)NC(=O)[C@@H](NC(=O)OC)C(C)C. The number of ether oxygens (including phenoxy) is 2. The Hall–Kier alpha value is -4.36. The van der Waals surface area contributed by atoms with Gasteiger partial charge < -0.3 is 35.4 Å². The van der Waals surface area contributed by atoms with Crippen LogP contribution in [0.2, 0.25) is 0 Å². The second-order valence-corrected chi connectivity index (χ2v) is 12.9. The van der Waals surface area contributed by atoms with Crippen LogP contribution in [0.25, 0.3) is 0 Å². The van der Waals surface area contributed by atoms with Gasteiger partial charge in [0.1, 0.15) is 12.1 Å². The standard InChI is InChI=1S/C36H54N6O7/c1-7-25(4)32(39-36(47)49-6)33(44)37-29(21-26-13-9-8-10-14-26)30(43)23-42(40-34(45)31(24(2)3)38-35(46)48-5)22-27-15-17-28(18-16-27)41-19-11-12-20-41/h8-10,13-18,24-25,29-32,43H,7,11-12,19-23H2,1-6H3,(H,37,44)(H,38,46)(H,39,47)(H,40,45)/t25?,29?,30?,31-,32-/m0/s1. The number of rotatable bonds is 17. The number of carbonyl (C=O) groups excluding carboxylic acids is 4. The van der Waals surface area contributed by atoms with E-state index in [9.17, 15) is 24.3 Å². The molecule has 4 amide bonds. The molecule has 2 aromatic rings. The van der Waals surface area contributed by atoms with E-state index in [-0.39, 0.29) is 31.3 Å². The molecule has 1 aliphatic rings. The Kier molecular flexibility index (Phi) is 15.6. The summed E-state index contributed by atoms with van der Waals surface area (Å²) < 4.78 is 9.50. The minimum atomic E-state index is -1.17. The van der Waals surface area contributed by atoms with Crippen LogP contribution in [0, 0.1) is 11.8 Å². The zero-order valence-corrected chi connectivity index (χ0v) is 29.6. The number of carbonyl (C=O) groups is 4. The minimum Gasteiger partial charge on any atom is -0.453 e. The summed E-state index contributed by atoms with van der Waals surface area (Å²) in [6.45, 7) is 9.56. The average molecular weight is 683 g/mol. The van der Waals surface area contributed by atoms with E-state index in [0.29, 0.717) is 6.42 Å². The van der Waals surface area contributed by atoms with Gasteiger partial charge in [0, 0.05) is 31.9 Å². The third kappa shape index (κ3) is 12.2. The quantitative estimate of drug-likeness (QED) is 0.158. The molecule has 13 nitrogen and oxygen atoms in total. The number of aliphatic hydroxyl groups is 1. The topological polar surface area (TPSA) is 162 Å². The van der Waals surface area contributed by atoms with Gasteiger partial charge in [-0.15, -0.1) is 0 Å². The van der Waals surface area contributed by atoms with Crippen molar-refractivity contribution < 1.29 is 33.8 Å². The first kappa shape index (κ1) is 39.1. The number of benzene rings is 2. The fraction of sp³-hybridized carbons (Fsp3) is 0.556. The number of alkyl carbamates (subject to hydrolysis) is 2. The molecule has 5 N–H and O–H groups in total. The van der Waals surface area contributed by atoms with Crippen LogP contribution < -0.4 is 26.3 Å². The van der Waals surface area contributed by atoms with E-state index in [1.54, 1.807) is 18.9 Å². The first-order valence-electron chi connectivity index (χ1n) is 17.1. The first-order chi connectivity index (χ1) is 23.4. The van der Waals surface area contributed by atoms with E-state index < -0.39 is 48.2 Å². The third-order valence-electron chi connectivity index (χ3n) is 8.91.